The first-order valence-corrected chi connectivity index (χ1v) is 10.4. The molecular formula is C19H20N4O4S. The van der Waals surface area contributed by atoms with E-state index in [-0.39, 0.29) is 4.90 Å². The fourth-order valence-electron chi connectivity index (χ4n) is 2.94. The van der Waals surface area contributed by atoms with Crippen molar-refractivity contribution in [2.45, 2.75) is 24.3 Å². The number of sulfonamides is 1. The van der Waals surface area contributed by atoms with E-state index in [9.17, 15) is 8.42 Å². The lowest BCUT2D eigenvalue weighted by molar-refractivity contribution is 0.297. The molecular weight excluding hydrogens is 380 g/mol. The molecule has 0 saturated carbocycles. The highest BCUT2D eigenvalue weighted by Crippen LogP contribution is 2.32. The predicted octanol–water partition coefficient (Wildman–Crippen LogP) is 2.34. The van der Waals surface area contributed by atoms with Crippen molar-refractivity contribution in [1.29, 1.82) is 0 Å². The maximum absolute atomic E-state index is 13.1. The van der Waals surface area contributed by atoms with Gasteiger partial charge in [0.25, 0.3) is 0 Å². The van der Waals surface area contributed by atoms with Crippen LogP contribution in [-0.2, 0) is 10.0 Å². The zero-order valence-corrected chi connectivity index (χ0v) is 16.1. The van der Waals surface area contributed by atoms with Gasteiger partial charge >= 0.3 is 0 Å². The van der Waals surface area contributed by atoms with Crippen molar-refractivity contribution in [2.24, 2.45) is 0 Å². The Bertz CT molecular complexity index is 1070. The number of hydrogen-bond acceptors (Lipinski definition) is 6. The number of aromatic nitrogens is 3. The van der Waals surface area contributed by atoms with E-state index in [2.05, 4.69) is 19.9 Å². The lowest BCUT2D eigenvalue weighted by atomic mass is 10.1. The van der Waals surface area contributed by atoms with E-state index in [1.165, 1.54) is 12.1 Å². The van der Waals surface area contributed by atoms with Crippen molar-refractivity contribution in [2.75, 3.05) is 13.2 Å². The number of aryl methyl sites for hydroxylation is 1. The summed E-state index contributed by atoms with van der Waals surface area (Å²) in [5, 5.41) is 6.91. The van der Waals surface area contributed by atoms with Gasteiger partial charge in [-0.3, -0.25) is 5.10 Å². The molecule has 1 aliphatic heterocycles. The lowest BCUT2D eigenvalue weighted by Crippen LogP contribution is -2.30. The van der Waals surface area contributed by atoms with Crippen LogP contribution in [0.25, 0.3) is 0 Å². The van der Waals surface area contributed by atoms with Gasteiger partial charge in [0.15, 0.2) is 17.3 Å². The standard InChI is InChI=1S/C19H20N4O4S/c1-13-20-19(22-21-13)18(14-6-3-2-4-7-14)23-28(24,25)15-8-9-16-17(12-15)27-11-5-10-26-16/h2-4,6-9,12,18,23H,5,10-11H2,1H3,(H,20,21,22). The van der Waals surface area contributed by atoms with Crippen molar-refractivity contribution < 1.29 is 17.9 Å². The average molecular weight is 400 g/mol. The van der Waals surface area contributed by atoms with E-state index in [0.29, 0.717) is 36.4 Å². The van der Waals surface area contributed by atoms with E-state index in [0.717, 1.165) is 12.0 Å². The van der Waals surface area contributed by atoms with Crippen molar-refractivity contribution in [3.8, 4) is 11.5 Å². The van der Waals surface area contributed by atoms with Crippen LogP contribution in [-0.4, -0.2) is 36.8 Å². The molecule has 8 nitrogen and oxygen atoms in total. The molecule has 28 heavy (non-hydrogen) atoms. The van der Waals surface area contributed by atoms with Crippen molar-refractivity contribution in [3.05, 3.63) is 65.7 Å². The number of fused-ring (bicyclic) bond motifs is 1. The summed E-state index contributed by atoms with van der Waals surface area (Å²) in [4.78, 5) is 4.40. The third-order valence-electron chi connectivity index (χ3n) is 4.31. The fourth-order valence-corrected chi connectivity index (χ4v) is 4.14. The van der Waals surface area contributed by atoms with Gasteiger partial charge in [0.1, 0.15) is 11.9 Å². The van der Waals surface area contributed by atoms with Gasteiger partial charge in [-0.2, -0.15) is 9.82 Å². The van der Waals surface area contributed by atoms with Crippen LogP contribution in [0.5, 0.6) is 11.5 Å². The monoisotopic (exact) mass is 400 g/mol. The minimum absolute atomic E-state index is 0.0879. The summed E-state index contributed by atoms with van der Waals surface area (Å²) in [6.45, 7) is 2.78. The molecule has 1 aromatic heterocycles. The van der Waals surface area contributed by atoms with Crippen molar-refractivity contribution >= 4 is 10.0 Å². The normalized spacial score (nSPS) is 15.0. The number of ether oxygens (including phenoxy) is 2. The number of H-pyrrole nitrogens is 1. The van der Waals surface area contributed by atoms with Crippen LogP contribution in [0.2, 0.25) is 0 Å². The van der Waals surface area contributed by atoms with Crippen molar-refractivity contribution in [1.82, 2.24) is 19.9 Å². The van der Waals surface area contributed by atoms with Crippen molar-refractivity contribution in [3.63, 3.8) is 0 Å². The maximum atomic E-state index is 13.1. The predicted molar refractivity (Wildman–Crippen MR) is 102 cm³/mol. The van der Waals surface area contributed by atoms with E-state index in [4.69, 9.17) is 9.47 Å². The second-order valence-corrected chi connectivity index (χ2v) is 8.12. The first kappa shape index (κ1) is 18.5. The van der Waals surface area contributed by atoms with Crippen LogP contribution in [0.3, 0.4) is 0 Å². The zero-order chi connectivity index (χ0) is 19.6. The Hall–Kier alpha value is -2.91. The summed E-state index contributed by atoms with van der Waals surface area (Å²) in [5.74, 6) is 1.92. The molecule has 4 rings (SSSR count). The Morgan fingerprint density at radius 1 is 1.07 bits per heavy atom. The minimum atomic E-state index is -3.87. The molecule has 1 unspecified atom stereocenters. The Labute approximate surface area is 163 Å². The van der Waals surface area contributed by atoms with Gasteiger partial charge in [0.05, 0.1) is 18.1 Å². The van der Waals surface area contributed by atoms with E-state index >= 15 is 0 Å². The number of rotatable bonds is 5. The fraction of sp³-hybridized carbons (Fsp3) is 0.263. The molecule has 2 N–H and O–H groups in total. The second-order valence-electron chi connectivity index (χ2n) is 6.40. The molecule has 9 heteroatoms. The number of aromatic amines is 1. The van der Waals surface area contributed by atoms with Gasteiger partial charge in [-0.1, -0.05) is 30.3 Å². The number of nitrogens with one attached hydrogen (secondary N) is 2. The average Bonchev–Trinajstić information content (AvgIpc) is 2.99. The van der Waals surface area contributed by atoms with Gasteiger partial charge in [-0.25, -0.2) is 13.4 Å². The van der Waals surface area contributed by atoms with Gasteiger partial charge in [-0.05, 0) is 24.6 Å². The molecule has 1 atom stereocenters. The van der Waals surface area contributed by atoms with Gasteiger partial charge in [0.2, 0.25) is 10.0 Å². The quantitative estimate of drug-likeness (QED) is 0.681. The summed E-state index contributed by atoms with van der Waals surface area (Å²) in [6, 6.07) is 13.1. The molecule has 0 bridgehead atoms. The Morgan fingerprint density at radius 3 is 2.54 bits per heavy atom. The molecule has 2 heterocycles. The molecule has 1 aliphatic rings. The molecule has 3 aromatic rings. The minimum Gasteiger partial charge on any atom is -0.490 e. The molecule has 0 aliphatic carbocycles. The van der Waals surface area contributed by atoms with Gasteiger partial charge < -0.3 is 9.47 Å². The SMILES string of the molecule is Cc1nc(C(NS(=O)(=O)c2ccc3c(c2)OCCCO3)c2ccccc2)n[nH]1. The third kappa shape index (κ3) is 3.85. The maximum Gasteiger partial charge on any atom is 0.241 e. The molecule has 2 aromatic carbocycles. The van der Waals surface area contributed by atoms with Gasteiger partial charge in [0, 0.05) is 12.5 Å². The van der Waals surface area contributed by atoms with Crippen LogP contribution in [0.1, 0.15) is 29.7 Å². The summed E-state index contributed by atoms with van der Waals surface area (Å²) in [7, 11) is -3.87. The first-order valence-electron chi connectivity index (χ1n) is 8.89. The highest BCUT2D eigenvalue weighted by molar-refractivity contribution is 7.89. The largest absolute Gasteiger partial charge is 0.490 e. The number of benzene rings is 2. The molecule has 146 valence electrons. The number of hydrogen-bond donors (Lipinski definition) is 2. The van der Waals surface area contributed by atoms with Crippen LogP contribution in [0.15, 0.2) is 53.4 Å². The van der Waals surface area contributed by atoms with Crippen LogP contribution in [0.4, 0.5) is 0 Å². The van der Waals surface area contributed by atoms with E-state index in [1.54, 1.807) is 13.0 Å². The Kier molecular flexibility index (Phi) is 5.01. The zero-order valence-electron chi connectivity index (χ0n) is 15.3. The van der Waals surface area contributed by atoms with E-state index < -0.39 is 16.1 Å². The topological polar surface area (TPSA) is 106 Å². The molecule has 0 amide bonds. The van der Waals surface area contributed by atoms with Crippen LogP contribution in [0, 0.1) is 6.92 Å². The summed E-state index contributed by atoms with van der Waals surface area (Å²) in [6.07, 6.45) is 0.745. The Morgan fingerprint density at radius 2 is 1.82 bits per heavy atom. The highest BCUT2D eigenvalue weighted by Gasteiger charge is 2.27. The third-order valence-corrected chi connectivity index (χ3v) is 5.73. The summed E-state index contributed by atoms with van der Waals surface area (Å²) >= 11 is 0. The number of nitrogens with zero attached hydrogens (tertiary/aromatic N) is 2. The molecule has 0 fully saturated rings. The molecule has 0 radical (unpaired) electrons. The smallest absolute Gasteiger partial charge is 0.241 e. The van der Waals surface area contributed by atoms with E-state index in [1.807, 2.05) is 30.3 Å². The second kappa shape index (κ2) is 7.61. The van der Waals surface area contributed by atoms with Crippen LogP contribution >= 0.6 is 0 Å². The lowest BCUT2D eigenvalue weighted by Gasteiger charge is -2.17. The molecule has 0 spiro atoms. The highest BCUT2D eigenvalue weighted by atomic mass is 32.2. The summed E-state index contributed by atoms with van der Waals surface area (Å²) in [5.41, 5.74) is 0.736. The van der Waals surface area contributed by atoms with Crippen LogP contribution < -0.4 is 14.2 Å². The molecule has 0 saturated heterocycles. The Balaban J connectivity index is 1.69. The first-order chi connectivity index (χ1) is 13.5. The van der Waals surface area contributed by atoms with Gasteiger partial charge in [-0.15, -0.1) is 0 Å². The summed E-state index contributed by atoms with van der Waals surface area (Å²) < 4.78 is 40.1.